The molecule has 2 aliphatic rings. The fourth-order valence-electron chi connectivity index (χ4n) is 2.93. The van der Waals surface area contributed by atoms with E-state index in [-0.39, 0.29) is 12.1 Å². The molecule has 0 aromatic rings. The zero-order chi connectivity index (χ0) is 16.9. The molecule has 0 amide bonds. The summed E-state index contributed by atoms with van der Waals surface area (Å²) in [5.74, 6) is -0.910. The number of carbonyl (C=O) groups is 1. The number of carbonyl (C=O) groups excluding carboxylic acids is 1. The first kappa shape index (κ1) is 18.2. The molecule has 0 spiro atoms. The maximum atomic E-state index is 11.4. The second-order valence-corrected chi connectivity index (χ2v) is 6.42. The molecule has 23 heavy (non-hydrogen) atoms. The van der Waals surface area contributed by atoms with E-state index in [0.717, 1.165) is 25.1 Å². The van der Waals surface area contributed by atoms with Crippen molar-refractivity contribution in [2.45, 2.75) is 57.5 Å². The summed E-state index contributed by atoms with van der Waals surface area (Å²) in [5.41, 5.74) is 0.830. The highest BCUT2D eigenvalue weighted by atomic mass is 16.7. The van der Waals surface area contributed by atoms with Crippen LogP contribution in [-0.4, -0.2) is 68.6 Å². The van der Waals surface area contributed by atoms with Gasteiger partial charge in [0.2, 0.25) is 0 Å². The van der Waals surface area contributed by atoms with Crippen LogP contribution in [0.1, 0.15) is 39.5 Å². The van der Waals surface area contributed by atoms with E-state index in [1.54, 1.807) is 7.11 Å². The lowest BCUT2D eigenvalue weighted by Gasteiger charge is -2.37. The molecule has 2 heterocycles. The molecule has 2 fully saturated rings. The molecular weight excluding hydrogens is 300 g/mol. The van der Waals surface area contributed by atoms with Crippen LogP contribution >= 0.6 is 0 Å². The Morgan fingerprint density at radius 1 is 1.43 bits per heavy atom. The Morgan fingerprint density at radius 2 is 2.22 bits per heavy atom. The van der Waals surface area contributed by atoms with Crippen molar-refractivity contribution in [3.63, 3.8) is 0 Å². The highest BCUT2D eigenvalue weighted by Gasteiger charge is 2.35. The normalized spacial score (nSPS) is 29.0. The minimum atomic E-state index is -0.670. The molecular formula is C16H28N2O5. The maximum absolute atomic E-state index is 11.4. The van der Waals surface area contributed by atoms with Crippen LogP contribution in [0.4, 0.5) is 0 Å². The zero-order valence-corrected chi connectivity index (χ0v) is 14.5. The van der Waals surface area contributed by atoms with Gasteiger partial charge in [0, 0.05) is 20.1 Å². The molecule has 132 valence electrons. The lowest BCUT2D eigenvalue weighted by Crippen LogP contribution is -2.47. The van der Waals surface area contributed by atoms with Crippen LogP contribution in [0.3, 0.4) is 0 Å². The molecule has 7 heteroatoms. The monoisotopic (exact) mass is 328 g/mol. The van der Waals surface area contributed by atoms with Gasteiger partial charge in [0.15, 0.2) is 5.79 Å². The number of esters is 1. The molecule has 0 aliphatic carbocycles. The van der Waals surface area contributed by atoms with Gasteiger partial charge in [-0.1, -0.05) is 0 Å². The molecule has 0 bridgehead atoms. The number of nitrogens with zero attached hydrogens (tertiary/aromatic N) is 2. The van der Waals surface area contributed by atoms with Crippen molar-refractivity contribution in [3.8, 4) is 0 Å². The zero-order valence-electron chi connectivity index (χ0n) is 14.5. The van der Waals surface area contributed by atoms with Crippen molar-refractivity contribution < 1.29 is 23.7 Å². The molecule has 2 saturated heterocycles. The first-order chi connectivity index (χ1) is 10.9. The van der Waals surface area contributed by atoms with Crippen molar-refractivity contribution in [1.29, 1.82) is 0 Å². The summed E-state index contributed by atoms with van der Waals surface area (Å²) in [4.78, 5) is 11.4. The summed E-state index contributed by atoms with van der Waals surface area (Å²) in [6.45, 7) is 5.73. The average Bonchev–Trinajstić information content (AvgIpc) is 2.94. The van der Waals surface area contributed by atoms with E-state index in [1.807, 2.05) is 13.8 Å². The summed E-state index contributed by atoms with van der Waals surface area (Å²) >= 11 is 0. The van der Waals surface area contributed by atoms with Gasteiger partial charge in [-0.15, -0.1) is 0 Å². The fourth-order valence-corrected chi connectivity index (χ4v) is 2.93. The second kappa shape index (κ2) is 8.08. The lowest BCUT2D eigenvalue weighted by molar-refractivity contribution is -0.236. The van der Waals surface area contributed by atoms with E-state index in [1.165, 1.54) is 7.11 Å². The third-order valence-electron chi connectivity index (χ3n) is 4.17. The maximum Gasteiger partial charge on any atom is 0.305 e. The quantitative estimate of drug-likeness (QED) is 0.689. The van der Waals surface area contributed by atoms with Gasteiger partial charge in [0.1, 0.15) is 6.10 Å². The molecule has 2 atom stereocenters. The standard InChI is InChI=1S/C16H28N2O5/c1-16(2)22-11-13(14(23-16)7-8-15(19)21-4)17-18-9-5-6-12(18)10-20-3/h12,14H,5-11H2,1-4H3/b17-13+/t12-,14-/m0/s1. The van der Waals surface area contributed by atoms with Gasteiger partial charge in [0.25, 0.3) is 0 Å². The minimum Gasteiger partial charge on any atom is -0.469 e. The number of hydrazone groups is 1. The Morgan fingerprint density at radius 3 is 2.91 bits per heavy atom. The third-order valence-corrected chi connectivity index (χ3v) is 4.17. The first-order valence-corrected chi connectivity index (χ1v) is 8.16. The highest BCUT2D eigenvalue weighted by molar-refractivity contribution is 5.90. The van der Waals surface area contributed by atoms with E-state index < -0.39 is 5.79 Å². The molecule has 0 N–H and O–H groups in total. The van der Waals surface area contributed by atoms with E-state index >= 15 is 0 Å². The summed E-state index contributed by atoms with van der Waals surface area (Å²) in [6, 6.07) is 0.295. The van der Waals surface area contributed by atoms with Crippen LogP contribution in [0.15, 0.2) is 5.10 Å². The molecule has 0 unspecified atom stereocenters. The Bertz CT molecular complexity index is 438. The van der Waals surface area contributed by atoms with Gasteiger partial charge in [0.05, 0.1) is 32.1 Å². The Labute approximate surface area is 137 Å². The molecule has 0 saturated carbocycles. The topological polar surface area (TPSA) is 69.6 Å². The van der Waals surface area contributed by atoms with Crippen LogP contribution in [-0.2, 0) is 23.7 Å². The summed E-state index contributed by atoms with van der Waals surface area (Å²) in [6.07, 6.45) is 2.79. The van der Waals surface area contributed by atoms with E-state index in [0.29, 0.717) is 32.1 Å². The molecule has 0 aromatic heterocycles. The van der Waals surface area contributed by atoms with E-state index in [4.69, 9.17) is 24.0 Å². The van der Waals surface area contributed by atoms with Gasteiger partial charge in [-0.05, 0) is 33.1 Å². The molecule has 0 radical (unpaired) electrons. The predicted molar refractivity (Wildman–Crippen MR) is 85.2 cm³/mol. The van der Waals surface area contributed by atoms with Crippen molar-refractivity contribution in [2.24, 2.45) is 5.10 Å². The van der Waals surface area contributed by atoms with Crippen LogP contribution in [0.5, 0.6) is 0 Å². The molecule has 2 rings (SSSR count). The fraction of sp³-hybridized carbons (Fsp3) is 0.875. The number of hydrogen-bond donors (Lipinski definition) is 0. The van der Waals surface area contributed by atoms with E-state index in [2.05, 4.69) is 5.01 Å². The van der Waals surface area contributed by atoms with Crippen LogP contribution in [0.25, 0.3) is 0 Å². The van der Waals surface area contributed by atoms with Crippen molar-refractivity contribution in [1.82, 2.24) is 5.01 Å². The van der Waals surface area contributed by atoms with Crippen LogP contribution < -0.4 is 0 Å². The predicted octanol–water partition coefficient (Wildman–Crippen LogP) is 1.56. The number of hydrogen-bond acceptors (Lipinski definition) is 7. The van der Waals surface area contributed by atoms with Crippen LogP contribution in [0.2, 0.25) is 0 Å². The molecule has 2 aliphatic heterocycles. The third kappa shape index (κ3) is 5.16. The van der Waals surface area contributed by atoms with Crippen molar-refractivity contribution >= 4 is 11.7 Å². The first-order valence-electron chi connectivity index (χ1n) is 8.16. The summed E-state index contributed by atoms with van der Waals surface area (Å²) in [5, 5.41) is 6.82. The Kier molecular flexibility index (Phi) is 6.38. The number of rotatable bonds is 6. The van der Waals surface area contributed by atoms with Gasteiger partial charge < -0.3 is 18.9 Å². The summed E-state index contributed by atoms with van der Waals surface area (Å²) < 4.78 is 21.7. The lowest BCUT2D eigenvalue weighted by atomic mass is 10.1. The van der Waals surface area contributed by atoms with Gasteiger partial charge >= 0.3 is 5.97 Å². The van der Waals surface area contributed by atoms with Crippen molar-refractivity contribution in [2.75, 3.05) is 34.0 Å². The van der Waals surface area contributed by atoms with Gasteiger partial charge in [-0.3, -0.25) is 9.80 Å². The SMILES string of the molecule is COC[C@@H]1CCCN1/N=C1\COC(C)(C)O[C@H]1CCC(=O)OC. The number of ether oxygens (including phenoxy) is 4. The van der Waals surface area contributed by atoms with Crippen LogP contribution in [0, 0.1) is 0 Å². The Hall–Kier alpha value is -1.18. The highest BCUT2D eigenvalue weighted by Crippen LogP contribution is 2.25. The van der Waals surface area contributed by atoms with Crippen molar-refractivity contribution in [3.05, 3.63) is 0 Å². The average molecular weight is 328 g/mol. The number of methoxy groups -OCH3 is 2. The minimum absolute atomic E-state index is 0.235. The van der Waals surface area contributed by atoms with Gasteiger partial charge in [-0.2, -0.15) is 5.10 Å². The van der Waals surface area contributed by atoms with E-state index in [9.17, 15) is 4.79 Å². The Balaban J connectivity index is 2.06. The molecule has 0 aromatic carbocycles. The second-order valence-electron chi connectivity index (χ2n) is 6.42. The largest absolute Gasteiger partial charge is 0.469 e. The smallest absolute Gasteiger partial charge is 0.305 e. The molecule has 7 nitrogen and oxygen atoms in total. The van der Waals surface area contributed by atoms with Gasteiger partial charge in [-0.25, -0.2) is 0 Å². The summed E-state index contributed by atoms with van der Waals surface area (Å²) in [7, 11) is 3.10.